The number of amides is 1. The zero-order valence-electron chi connectivity index (χ0n) is 13.4. The van der Waals surface area contributed by atoms with E-state index in [0.717, 1.165) is 41.2 Å². The van der Waals surface area contributed by atoms with Crippen LogP contribution >= 0.6 is 34.5 Å². The van der Waals surface area contributed by atoms with Gasteiger partial charge in [0.15, 0.2) is 6.61 Å². The Labute approximate surface area is 159 Å². The van der Waals surface area contributed by atoms with Gasteiger partial charge >= 0.3 is 5.97 Å². The van der Waals surface area contributed by atoms with E-state index in [0.29, 0.717) is 10.9 Å². The molecule has 3 rings (SSSR count). The smallest absolute Gasteiger partial charge is 0.341 e. The molecule has 0 radical (unpaired) electrons. The molecule has 0 aliphatic carbocycles. The van der Waals surface area contributed by atoms with E-state index >= 15 is 0 Å². The molecule has 0 saturated heterocycles. The van der Waals surface area contributed by atoms with Gasteiger partial charge in [-0.1, -0.05) is 23.2 Å². The van der Waals surface area contributed by atoms with Crippen LogP contribution in [-0.4, -0.2) is 32.1 Å². The largest absolute Gasteiger partial charge is 0.497 e. The zero-order chi connectivity index (χ0) is 18.0. The molecule has 1 aliphatic heterocycles. The second kappa shape index (κ2) is 7.64. The quantitative estimate of drug-likeness (QED) is 0.722. The Kier molecular flexibility index (Phi) is 5.51. The molecule has 0 bridgehead atoms. The summed E-state index contributed by atoms with van der Waals surface area (Å²) in [6, 6.07) is 7.02. The van der Waals surface area contributed by atoms with Gasteiger partial charge in [0.2, 0.25) is 0 Å². The second-order valence-corrected chi connectivity index (χ2v) is 7.74. The van der Waals surface area contributed by atoms with E-state index < -0.39 is 5.97 Å². The molecule has 0 saturated carbocycles. The predicted octanol–water partition coefficient (Wildman–Crippen LogP) is 4.20. The monoisotopic (exact) mass is 399 g/mol. The summed E-state index contributed by atoms with van der Waals surface area (Å²) in [5, 5.41) is 0. The van der Waals surface area contributed by atoms with E-state index in [4.69, 9.17) is 32.7 Å². The molecule has 2 heterocycles. The fourth-order valence-corrected chi connectivity index (χ4v) is 4.16. The summed E-state index contributed by atoms with van der Waals surface area (Å²) in [5.41, 5.74) is 2.04. The Morgan fingerprint density at radius 2 is 2.08 bits per heavy atom. The number of rotatable bonds is 4. The molecule has 8 heteroatoms. The highest BCUT2D eigenvalue weighted by molar-refractivity contribution is 7.20. The molecule has 0 fully saturated rings. The van der Waals surface area contributed by atoms with Gasteiger partial charge in [0.25, 0.3) is 5.91 Å². The third kappa shape index (κ3) is 3.92. The van der Waals surface area contributed by atoms with Crippen LogP contribution in [0.1, 0.15) is 22.3 Å². The molecule has 0 N–H and O–H groups in total. The van der Waals surface area contributed by atoms with Gasteiger partial charge in [-0.15, -0.1) is 11.3 Å². The Hall–Kier alpha value is -1.76. The van der Waals surface area contributed by atoms with Gasteiger partial charge in [0.05, 0.1) is 17.0 Å². The Balaban J connectivity index is 1.68. The summed E-state index contributed by atoms with van der Waals surface area (Å²) in [4.78, 5) is 26.2. The van der Waals surface area contributed by atoms with E-state index in [9.17, 15) is 9.59 Å². The van der Waals surface area contributed by atoms with Gasteiger partial charge in [0.1, 0.15) is 10.1 Å². The molecule has 132 valence electrons. The molecule has 25 heavy (non-hydrogen) atoms. The number of esters is 1. The highest BCUT2D eigenvalue weighted by atomic mass is 35.5. The summed E-state index contributed by atoms with van der Waals surface area (Å²) in [5.74, 6) is -0.186. The van der Waals surface area contributed by atoms with Gasteiger partial charge in [-0.3, -0.25) is 4.79 Å². The van der Waals surface area contributed by atoms with Crippen molar-refractivity contribution in [1.29, 1.82) is 0 Å². The van der Waals surface area contributed by atoms with Crippen molar-refractivity contribution in [3.63, 3.8) is 0 Å². The average Bonchev–Trinajstić information content (AvgIpc) is 2.96. The number of anilines is 1. The first-order valence-corrected chi connectivity index (χ1v) is 9.16. The number of hydrogen-bond donors (Lipinski definition) is 0. The van der Waals surface area contributed by atoms with Crippen LogP contribution in [0.2, 0.25) is 8.67 Å². The fraction of sp³-hybridized carbons (Fsp3) is 0.294. The van der Waals surface area contributed by atoms with Crippen molar-refractivity contribution in [1.82, 2.24) is 0 Å². The number of ether oxygens (including phenoxy) is 2. The molecule has 0 unspecified atom stereocenters. The third-order valence-corrected chi connectivity index (χ3v) is 5.40. The first-order chi connectivity index (χ1) is 12.0. The number of aryl methyl sites for hydroxylation is 1. The van der Waals surface area contributed by atoms with Crippen molar-refractivity contribution in [2.45, 2.75) is 12.8 Å². The van der Waals surface area contributed by atoms with E-state index in [2.05, 4.69) is 0 Å². The number of fused-ring (bicyclic) bond motifs is 1. The van der Waals surface area contributed by atoms with Crippen molar-refractivity contribution >= 4 is 52.1 Å². The molecular formula is C17H15Cl2NO4S. The van der Waals surface area contributed by atoms with E-state index in [1.54, 1.807) is 12.0 Å². The Morgan fingerprint density at radius 3 is 2.76 bits per heavy atom. The van der Waals surface area contributed by atoms with Gasteiger partial charge < -0.3 is 14.4 Å². The third-order valence-electron chi connectivity index (χ3n) is 3.91. The molecule has 1 amide bonds. The molecular weight excluding hydrogens is 385 g/mol. The van der Waals surface area contributed by atoms with Crippen LogP contribution < -0.4 is 9.64 Å². The lowest BCUT2D eigenvalue weighted by Gasteiger charge is -2.29. The second-order valence-electron chi connectivity index (χ2n) is 5.46. The van der Waals surface area contributed by atoms with E-state index in [1.807, 2.05) is 18.2 Å². The van der Waals surface area contributed by atoms with Gasteiger partial charge in [-0.25, -0.2) is 4.79 Å². The number of thiophene rings is 1. The van der Waals surface area contributed by atoms with Crippen LogP contribution in [0.3, 0.4) is 0 Å². The van der Waals surface area contributed by atoms with Crippen molar-refractivity contribution in [3.8, 4) is 5.75 Å². The topological polar surface area (TPSA) is 55.8 Å². The summed E-state index contributed by atoms with van der Waals surface area (Å²) < 4.78 is 11.0. The first kappa shape index (κ1) is 18.0. The number of hydrogen-bond acceptors (Lipinski definition) is 5. The lowest BCUT2D eigenvalue weighted by Crippen LogP contribution is -2.38. The van der Waals surface area contributed by atoms with Crippen LogP contribution in [0, 0.1) is 0 Å². The Morgan fingerprint density at radius 1 is 1.28 bits per heavy atom. The predicted molar refractivity (Wildman–Crippen MR) is 98.3 cm³/mol. The maximum Gasteiger partial charge on any atom is 0.341 e. The van der Waals surface area contributed by atoms with Crippen molar-refractivity contribution in [2.75, 3.05) is 25.2 Å². The molecule has 0 atom stereocenters. The van der Waals surface area contributed by atoms with Crippen molar-refractivity contribution in [3.05, 3.63) is 44.1 Å². The van der Waals surface area contributed by atoms with Gasteiger partial charge in [-0.05, 0) is 42.7 Å². The number of benzene rings is 1. The molecule has 1 aromatic heterocycles. The minimum absolute atomic E-state index is 0.174. The summed E-state index contributed by atoms with van der Waals surface area (Å²) in [6.45, 7) is 0.231. The standard InChI is InChI=1S/C17H15Cl2NO4S/c1-23-11-4-5-13-10(7-11)3-2-6-20(13)15(21)9-24-17(22)12-8-14(18)25-16(12)19/h4-5,7-8H,2-3,6,9H2,1H3. The molecule has 1 aromatic carbocycles. The van der Waals surface area contributed by atoms with Crippen LogP contribution in [0.15, 0.2) is 24.3 Å². The molecule has 2 aromatic rings. The van der Waals surface area contributed by atoms with Crippen LogP contribution in [-0.2, 0) is 16.0 Å². The van der Waals surface area contributed by atoms with Crippen molar-refractivity contribution in [2.24, 2.45) is 0 Å². The van der Waals surface area contributed by atoms with E-state index in [-0.39, 0.29) is 22.4 Å². The maximum absolute atomic E-state index is 12.5. The van der Waals surface area contributed by atoms with Gasteiger partial charge in [0, 0.05) is 12.2 Å². The average molecular weight is 400 g/mol. The zero-order valence-corrected chi connectivity index (χ0v) is 15.7. The maximum atomic E-state index is 12.5. The van der Waals surface area contributed by atoms with Crippen molar-refractivity contribution < 1.29 is 19.1 Å². The van der Waals surface area contributed by atoms with Crippen LogP contribution in [0.5, 0.6) is 5.75 Å². The molecule has 5 nitrogen and oxygen atoms in total. The van der Waals surface area contributed by atoms with Crippen LogP contribution in [0.25, 0.3) is 0 Å². The van der Waals surface area contributed by atoms with Crippen LogP contribution in [0.4, 0.5) is 5.69 Å². The number of carbonyl (C=O) groups excluding carboxylic acids is 2. The lowest BCUT2D eigenvalue weighted by molar-refractivity contribution is -0.121. The first-order valence-electron chi connectivity index (χ1n) is 7.59. The highest BCUT2D eigenvalue weighted by Crippen LogP contribution is 2.32. The highest BCUT2D eigenvalue weighted by Gasteiger charge is 2.24. The summed E-state index contributed by atoms with van der Waals surface area (Å²) in [6.07, 6.45) is 1.71. The number of carbonyl (C=O) groups is 2. The summed E-state index contributed by atoms with van der Waals surface area (Å²) in [7, 11) is 1.61. The normalized spacial score (nSPS) is 13.3. The minimum atomic E-state index is -0.659. The fourth-order valence-electron chi connectivity index (χ4n) is 2.72. The van der Waals surface area contributed by atoms with E-state index in [1.165, 1.54) is 6.07 Å². The number of halogens is 2. The number of methoxy groups -OCH3 is 1. The minimum Gasteiger partial charge on any atom is -0.497 e. The Bertz CT molecular complexity index is 821. The molecule has 0 spiro atoms. The lowest BCUT2D eigenvalue weighted by atomic mass is 10.0. The summed E-state index contributed by atoms with van der Waals surface area (Å²) >= 11 is 12.8. The molecule has 1 aliphatic rings. The number of nitrogens with zero attached hydrogens (tertiary/aromatic N) is 1. The SMILES string of the molecule is COc1ccc2c(c1)CCCN2C(=O)COC(=O)c1cc(Cl)sc1Cl. The van der Waals surface area contributed by atoms with Gasteiger partial charge in [-0.2, -0.15) is 0 Å².